The van der Waals surface area contributed by atoms with Crippen LogP contribution >= 0.6 is 0 Å². The van der Waals surface area contributed by atoms with Crippen molar-refractivity contribution >= 4 is 17.5 Å². The molecule has 1 aliphatic heterocycles. The first kappa shape index (κ1) is 19.7. The summed E-state index contributed by atoms with van der Waals surface area (Å²) in [5.74, 6) is 0.0938. The minimum atomic E-state index is -0.678. The molecule has 0 bridgehead atoms. The first-order chi connectivity index (χ1) is 13.3. The van der Waals surface area contributed by atoms with Gasteiger partial charge in [0, 0.05) is 30.4 Å². The van der Waals surface area contributed by atoms with Gasteiger partial charge >= 0.3 is 0 Å². The number of amides is 2. The number of aryl methyl sites for hydroxylation is 1. The average molecular weight is 386 g/mol. The van der Waals surface area contributed by atoms with E-state index in [1.807, 2.05) is 0 Å². The van der Waals surface area contributed by atoms with Gasteiger partial charge in [0.15, 0.2) is 0 Å². The van der Waals surface area contributed by atoms with Crippen LogP contribution in [0.2, 0.25) is 0 Å². The minimum absolute atomic E-state index is 0.252. The average Bonchev–Trinajstić information content (AvgIpc) is 2.71. The van der Waals surface area contributed by atoms with Crippen molar-refractivity contribution in [1.29, 1.82) is 0 Å². The highest BCUT2D eigenvalue weighted by atomic mass is 19.1. The van der Waals surface area contributed by atoms with Gasteiger partial charge in [-0.15, -0.1) is 0 Å². The zero-order valence-electron chi connectivity index (χ0n) is 16.4. The van der Waals surface area contributed by atoms with Crippen LogP contribution in [-0.4, -0.2) is 50.1 Å². The molecule has 1 heterocycles. The van der Waals surface area contributed by atoms with Crippen molar-refractivity contribution in [2.45, 2.75) is 19.9 Å². The molecule has 0 saturated carbocycles. The summed E-state index contributed by atoms with van der Waals surface area (Å²) in [4.78, 5) is 28.9. The van der Waals surface area contributed by atoms with E-state index in [2.05, 4.69) is 0 Å². The zero-order valence-corrected chi connectivity index (χ0v) is 16.4. The number of halogens is 1. The Kier molecular flexibility index (Phi) is 5.53. The Labute approximate surface area is 163 Å². The Bertz CT molecular complexity index is 893. The van der Waals surface area contributed by atoms with Crippen molar-refractivity contribution in [2.75, 3.05) is 32.2 Å². The summed E-state index contributed by atoms with van der Waals surface area (Å²) in [5, 5.41) is 0. The second-order valence-electron chi connectivity index (χ2n) is 6.70. The van der Waals surface area contributed by atoms with Gasteiger partial charge in [-0.1, -0.05) is 6.07 Å². The third-order valence-corrected chi connectivity index (χ3v) is 4.98. The van der Waals surface area contributed by atoms with Gasteiger partial charge in [0.1, 0.15) is 23.4 Å². The Morgan fingerprint density at radius 1 is 1.07 bits per heavy atom. The second kappa shape index (κ2) is 7.88. The fourth-order valence-electron chi connectivity index (χ4n) is 3.25. The van der Waals surface area contributed by atoms with Gasteiger partial charge in [0.2, 0.25) is 5.91 Å². The van der Waals surface area contributed by atoms with Crippen molar-refractivity contribution < 1.29 is 23.5 Å². The molecule has 1 aliphatic rings. The predicted octanol–water partition coefficient (Wildman–Crippen LogP) is 3.03. The number of hydrogen-bond acceptors (Lipinski definition) is 4. The van der Waals surface area contributed by atoms with E-state index in [4.69, 9.17) is 9.47 Å². The van der Waals surface area contributed by atoms with Crippen molar-refractivity contribution in [3.8, 4) is 11.5 Å². The molecule has 2 aromatic rings. The van der Waals surface area contributed by atoms with E-state index in [1.165, 1.54) is 30.1 Å². The smallest absolute Gasteiger partial charge is 0.254 e. The molecule has 0 radical (unpaired) electrons. The van der Waals surface area contributed by atoms with E-state index in [1.54, 1.807) is 44.2 Å². The molecular formula is C21H23FN2O4. The van der Waals surface area contributed by atoms with E-state index in [-0.39, 0.29) is 17.6 Å². The van der Waals surface area contributed by atoms with E-state index < -0.39 is 6.04 Å². The van der Waals surface area contributed by atoms with Crippen LogP contribution in [0.25, 0.3) is 0 Å². The largest absolute Gasteiger partial charge is 0.497 e. The van der Waals surface area contributed by atoms with Crippen LogP contribution in [0.5, 0.6) is 11.5 Å². The number of piperazine rings is 1. The standard InChI is InChI=1S/C21H23FN2O4/c1-13-5-6-16(11-19(13)22)24-8-7-23(14(2)20(24)25)21(26)15-9-17(27-3)12-18(10-15)28-4/h5-6,9-12,14H,7-8H2,1-4H3. The van der Waals surface area contributed by atoms with Gasteiger partial charge in [-0.3, -0.25) is 9.59 Å². The molecule has 0 aromatic heterocycles. The van der Waals surface area contributed by atoms with Gasteiger partial charge in [0.05, 0.1) is 14.2 Å². The zero-order chi connectivity index (χ0) is 20.4. The van der Waals surface area contributed by atoms with Crippen LogP contribution in [0, 0.1) is 12.7 Å². The van der Waals surface area contributed by atoms with Gasteiger partial charge in [-0.25, -0.2) is 4.39 Å². The fraction of sp³-hybridized carbons (Fsp3) is 0.333. The number of ether oxygens (including phenoxy) is 2. The van der Waals surface area contributed by atoms with Gasteiger partial charge < -0.3 is 19.3 Å². The third kappa shape index (κ3) is 3.65. The molecule has 2 aromatic carbocycles. The highest BCUT2D eigenvalue weighted by molar-refractivity contribution is 6.03. The summed E-state index contributed by atoms with van der Waals surface area (Å²) < 4.78 is 24.3. The maximum atomic E-state index is 13.9. The van der Waals surface area contributed by atoms with Crippen molar-refractivity contribution in [1.82, 2.24) is 4.90 Å². The summed E-state index contributed by atoms with van der Waals surface area (Å²) in [6.45, 7) is 3.97. The number of carbonyl (C=O) groups is 2. The number of carbonyl (C=O) groups excluding carboxylic acids is 2. The molecule has 6 nitrogen and oxygen atoms in total. The van der Waals surface area contributed by atoms with Gasteiger partial charge in [0.25, 0.3) is 5.91 Å². The molecule has 148 valence electrons. The first-order valence-electron chi connectivity index (χ1n) is 8.97. The highest BCUT2D eigenvalue weighted by Gasteiger charge is 2.35. The molecule has 28 heavy (non-hydrogen) atoms. The lowest BCUT2D eigenvalue weighted by molar-refractivity contribution is -0.124. The summed E-state index contributed by atoms with van der Waals surface area (Å²) in [7, 11) is 3.02. The molecule has 1 fully saturated rings. The first-order valence-corrected chi connectivity index (χ1v) is 8.97. The lowest BCUT2D eigenvalue weighted by Crippen LogP contribution is -2.57. The van der Waals surface area contributed by atoms with Crippen LogP contribution in [0.4, 0.5) is 10.1 Å². The summed E-state index contributed by atoms with van der Waals surface area (Å²) in [6.07, 6.45) is 0. The Morgan fingerprint density at radius 2 is 1.71 bits per heavy atom. The molecule has 1 atom stereocenters. The van der Waals surface area contributed by atoms with Crippen molar-refractivity contribution in [3.05, 3.63) is 53.3 Å². The second-order valence-corrected chi connectivity index (χ2v) is 6.70. The van der Waals surface area contributed by atoms with Crippen LogP contribution < -0.4 is 14.4 Å². The molecule has 7 heteroatoms. The molecule has 0 aliphatic carbocycles. The number of rotatable bonds is 4. The fourth-order valence-corrected chi connectivity index (χ4v) is 3.25. The van der Waals surface area contributed by atoms with E-state index >= 15 is 0 Å². The lowest BCUT2D eigenvalue weighted by Gasteiger charge is -2.39. The Hall–Kier alpha value is -3.09. The lowest BCUT2D eigenvalue weighted by atomic mass is 10.1. The molecule has 1 saturated heterocycles. The molecular weight excluding hydrogens is 363 g/mol. The summed E-state index contributed by atoms with van der Waals surface area (Å²) in [5.41, 5.74) is 1.39. The van der Waals surface area contributed by atoms with Crippen LogP contribution in [0.3, 0.4) is 0 Å². The monoisotopic (exact) mass is 386 g/mol. The predicted molar refractivity (Wildman–Crippen MR) is 104 cm³/mol. The third-order valence-electron chi connectivity index (χ3n) is 4.98. The van der Waals surface area contributed by atoms with Crippen molar-refractivity contribution in [2.24, 2.45) is 0 Å². The van der Waals surface area contributed by atoms with E-state index in [0.717, 1.165) is 0 Å². The topological polar surface area (TPSA) is 59.1 Å². The molecule has 0 N–H and O–H groups in total. The maximum absolute atomic E-state index is 13.9. The normalized spacial score (nSPS) is 16.9. The van der Waals surface area contributed by atoms with Crippen LogP contribution in [0.1, 0.15) is 22.8 Å². The van der Waals surface area contributed by atoms with Crippen LogP contribution in [0.15, 0.2) is 36.4 Å². The maximum Gasteiger partial charge on any atom is 0.254 e. The number of methoxy groups -OCH3 is 2. The summed E-state index contributed by atoms with van der Waals surface area (Å²) in [6, 6.07) is 8.94. The molecule has 0 spiro atoms. The van der Waals surface area contributed by atoms with Gasteiger partial charge in [-0.2, -0.15) is 0 Å². The number of nitrogens with zero attached hydrogens (tertiary/aromatic N) is 2. The van der Waals surface area contributed by atoms with Crippen molar-refractivity contribution in [3.63, 3.8) is 0 Å². The number of benzene rings is 2. The number of anilines is 1. The van der Waals surface area contributed by atoms with Gasteiger partial charge in [-0.05, 0) is 43.7 Å². The Balaban J connectivity index is 1.83. The molecule has 2 amide bonds. The quantitative estimate of drug-likeness (QED) is 0.811. The molecule has 3 rings (SSSR count). The number of hydrogen-bond donors (Lipinski definition) is 0. The van der Waals surface area contributed by atoms with Crippen LogP contribution in [-0.2, 0) is 4.79 Å². The minimum Gasteiger partial charge on any atom is -0.497 e. The molecule has 1 unspecified atom stereocenters. The SMILES string of the molecule is COc1cc(OC)cc(C(=O)N2CCN(c3ccc(C)c(F)c3)C(=O)C2C)c1. The highest BCUT2D eigenvalue weighted by Crippen LogP contribution is 2.27. The van der Waals surface area contributed by atoms with E-state index in [9.17, 15) is 14.0 Å². The Morgan fingerprint density at radius 3 is 2.29 bits per heavy atom. The van der Waals surface area contributed by atoms with E-state index in [0.29, 0.717) is 41.4 Å². The summed E-state index contributed by atoms with van der Waals surface area (Å²) >= 11 is 0.